The zero-order valence-corrected chi connectivity index (χ0v) is 14.3. The van der Waals surface area contributed by atoms with Crippen molar-refractivity contribution in [3.63, 3.8) is 0 Å². The Labute approximate surface area is 125 Å². The predicted octanol–water partition coefficient (Wildman–Crippen LogP) is 4.50. The molecule has 0 saturated carbocycles. The molecule has 108 valence electrons. The number of benzene rings is 1. The minimum Gasteiger partial charge on any atom is -0.380 e. The largest absolute Gasteiger partial charge is 0.447 e. The van der Waals surface area contributed by atoms with Gasteiger partial charge in [-0.2, -0.15) is 13.2 Å². The van der Waals surface area contributed by atoms with Crippen molar-refractivity contribution < 1.29 is 22.3 Å². The molecule has 0 heterocycles. The van der Waals surface area contributed by atoms with Crippen LogP contribution in [-0.2, 0) is 14.9 Å². The Kier molecular flexibility index (Phi) is 5.08. The van der Waals surface area contributed by atoms with E-state index >= 15 is 0 Å². The summed E-state index contributed by atoms with van der Waals surface area (Å²) in [6, 6.07) is 6.21. The van der Waals surface area contributed by atoms with Crippen molar-refractivity contribution in [3.05, 3.63) is 33.4 Å². The first-order valence-corrected chi connectivity index (χ1v) is 10.1. The zero-order chi connectivity index (χ0) is 14.9. The lowest BCUT2D eigenvalue weighted by Crippen LogP contribution is -2.52. The average Bonchev–Trinajstić information content (AvgIpc) is 2.24. The normalized spacial score (nSPS) is 16.2. The minimum absolute atomic E-state index is 0.00646. The van der Waals surface area contributed by atoms with Crippen LogP contribution in [0, 0.1) is 3.57 Å². The van der Waals surface area contributed by atoms with Gasteiger partial charge in [-0.05, 0) is 48.3 Å². The summed E-state index contributed by atoms with van der Waals surface area (Å²) in [7, 11) is -1.45. The number of alkyl halides is 3. The molecule has 0 saturated heterocycles. The van der Waals surface area contributed by atoms with E-state index in [0.29, 0.717) is 3.57 Å². The molecule has 0 amide bonds. The van der Waals surface area contributed by atoms with E-state index in [-0.39, 0.29) is 5.56 Å². The van der Waals surface area contributed by atoms with Gasteiger partial charge in [-0.3, -0.25) is 0 Å². The number of hydrogen-bond acceptors (Lipinski definition) is 2. The van der Waals surface area contributed by atoms with Crippen LogP contribution in [0.2, 0.25) is 19.6 Å². The topological polar surface area (TPSA) is 18.5 Å². The van der Waals surface area contributed by atoms with Gasteiger partial charge in [0.2, 0.25) is 0 Å². The molecule has 1 aromatic rings. The molecule has 0 aliphatic heterocycles. The molecule has 0 N–H and O–H groups in total. The second-order valence-corrected chi connectivity index (χ2v) is 10.6. The van der Waals surface area contributed by atoms with Crippen LogP contribution in [0.1, 0.15) is 5.56 Å². The van der Waals surface area contributed by atoms with Gasteiger partial charge in [0.05, 0.1) is 0 Å². The number of methoxy groups -OCH3 is 1. The maximum atomic E-state index is 13.5. The van der Waals surface area contributed by atoms with Gasteiger partial charge < -0.3 is 9.16 Å². The molecule has 1 atom stereocenters. The van der Waals surface area contributed by atoms with Gasteiger partial charge in [-0.1, -0.05) is 18.2 Å². The first-order chi connectivity index (χ1) is 8.53. The zero-order valence-electron chi connectivity index (χ0n) is 11.1. The molecule has 0 aromatic heterocycles. The Hall–Kier alpha value is -0.123. The highest BCUT2D eigenvalue weighted by Crippen LogP contribution is 2.45. The van der Waals surface area contributed by atoms with E-state index in [9.17, 15) is 13.2 Å². The van der Waals surface area contributed by atoms with Crippen LogP contribution in [0.15, 0.2) is 24.3 Å². The van der Waals surface area contributed by atoms with Gasteiger partial charge in [-0.25, -0.2) is 0 Å². The quantitative estimate of drug-likeness (QED) is 0.418. The lowest BCUT2D eigenvalue weighted by Gasteiger charge is -2.39. The first-order valence-electron chi connectivity index (χ1n) is 5.60. The Morgan fingerprint density at radius 2 is 1.63 bits per heavy atom. The van der Waals surface area contributed by atoms with Gasteiger partial charge in [0, 0.05) is 16.2 Å². The second-order valence-electron chi connectivity index (χ2n) is 5.01. The molecule has 0 bridgehead atoms. The number of rotatable bonds is 4. The van der Waals surface area contributed by atoms with Crippen LogP contribution in [0.5, 0.6) is 0 Å². The molecular weight excluding hydrogens is 388 g/mol. The summed E-state index contributed by atoms with van der Waals surface area (Å²) in [5, 5.41) is 0. The third-order valence-corrected chi connectivity index (χ3v) is 4.18. The van der Waals surface area contributed by atoms with Gasteiger partial charge >= 0.3 is 6.18 Å². The van der Waals surface area contributed by atoms with Crippen molar-refractivity contribution in [2.24, 2.45) is 0 Å². The molecule has 1 rings (SSSR count). The third-order valence-electron chi connectivity index (χ3n) is 2.34. The summed E-state index contributed by atoms with van der Waals surface area (Å²) in [4.78, 5) is 0. The van der Waals surface area contributed by atoms with Gasteiger partial charge in [0.15, 0.2) is 8.32 Å². The standard InChI is InChI=1S/C12H16F3IO2Si/c1-17-11(12(13,14)15,18-19(2,3)4)9-7-5-6-8-10(9)16/h5-8H,1-4H3. The monoisotopic (exact) mass is 404 g/mol. The highest BCUT2D eigenvalue weighted by Gasteiger charge is 2.60. The molecular formula is C12H16F3IO2Si. The van der Waals surface area contributed by atoms with Crippen molar-refractivity contribution in [3.8, 4) is 0 Å². The molecule has 0 fully saturated rings. The number of ether oxygens (including phenoxy) is 1. The van der Waals surface area contributed by atoms with Gasteiger partial charge in [-0.15, -0.1) is 0 Å². The van der Waals surface area contributed by atoms with Crippen molar-refractivity contribution in [1.29, 1.82) is 0 Å². The molecule has 1 unspecified atom stereocenters. The fraction of sp³-hybridized carbons (Fsp3) is 0.500. The summed E-state index contributed by atoms with van der Waals surface area (Å²) in [5.74, 6) is -2.70. The lowest BCUT2D eigenvalue weighted by molar-refractivity contribution is -0.358. The Morgan fingerprint density at radius 1 is 1.11 bits per heavy atom. The van der Waals surface area contributed by atoms with E-state index < -0.39 is 20.3 Å². The lowest BCUT2D eigenvalue weighted by atomic mass is 10.1. The first kappa shape index (κ1) is 16.9. The van der Waals surface area contributed by atoms with Gasteiger partial charge in [0.25, 0.3) is 5.79 Å². The fourth-order valence-electron chi connectivity index (χ4n) is 1.69. The maximum absolute atomic E-state index is 13.5. The summed E-state index contributed by atoms with van der Waals surface area (Å²) in [6.07, 6.45) is -4.65. The molecule has 7 heteroatoms. The molecule has 0 radical (unpaired) electrons. The molecule has 19 heavy (non-hydrogen) atoms. The highest BCUT2D eigenvalue weighted by molar-refractivity contribution is 14.1. The SMILES string of the molecule is COC(O[Si](C)(C)C)(c1ccccc1I)C(F)(F)F. The summed E-state index contributed by atoms with van der Waals surface area (Å²) in [6.45, 7) is 5.09. The second kappa shape index (κ2) is 5.70. The molecule has 0 aliphatic carbocycles. The molecule has 2 nitrogen and oxygen atoms in total. The van der Waals surface area contributed by atoms with Crippen LogP contribution in [0.4, 0.5) is 13.2 Å². The summed E-state index contributed by atoms with van der Waals surface area (Å²) < 4.78 is 51.3. The van der Waals surface area contributed by atoms with E-state index in [2.05, 4.69) is 0 Å². The average molecular weight is 404 g/mol. The summed E-state index contributed by atoms with van der Waals surface area (Å²) >= 11 is 1.86. The molecule has 0 aliphatic rings. The maximum Gasteiger partial charge on any atom is 0.447 e. The number of hydrogen-bond donors (Lipinski definition) is 0. The van der Waals surface area contributed by atoms with E-state index in [1.807, 2.05) is 22.6 Å². The predicted molar refractivity (Wildman–Crippen MR) is 78.3 cm³/mol. The van der Waals surface area contributed by atoms with Gasteiger partial charge in [0.1, 0.15) is 0 Å². The Bertz CT molecular complexity index is 445. The third kappa shape index (κ3) is 3.70. The Balaban J connectivity index is 3.46. The van der Waals surface area contributed by atoms with E-state index in [1.54, 1.807) is 37.8 Å². The Morgan fingerprint density at radius 3 is 2.00 bits per heavy atom. The van der Waals surface area contributed by atoms with Crippen LogP contribution >= 0.6 is 22.6 Å². The van der Waals surface area contributed by atoms with Crippen molar-refractivity contribution in [2.45, 2.75) is 31.6 Å². The van der Waals surface area contributed by atoms with Crippen molar-refractivity contribution in [1.82, 2.24) is 0 Å². The fourth-order valence-corrected chi connectivity index (χ4v) is 3.61. The van der Waals surface area contributed by atoms with Crippen LogP contribution in [0.3, 0.4) is 0 Å². The molecule has 0 spiro atoms. The molecule has 1 aromatic carbocycles. The summed E-state index contributed by atoms with van der Waals surface area (Å²) in [5.41, 5.74) is -0.00646. The minimum atomic E-state index is -4.65. The smallest absolute Gasteiger partial charge is 0.380 e. The van der Waals surface area contributed by atoms with E-state index in [4.69, 9.17) is 9.16 Å². The highest BCUT2D eigenvalue weighted by atomic mass is 127. The van der Waals surface area contributed by atoms with E-state index in [0.717, 1.165) is 7.11 Å². The van der Waals surface area contributed by atoms with Crippen LogP contribution < -0.4 is 0 Å². The van der Waals surface area contributed by atoms with Crippen molar-refractivity contribution in [2.75, 3.05) is 7.11 Å². The van der Waals surface area contributed by atoms with Crippen LogP contribution in [0.25, 0.3) is 0 Å². The van der Waals surface area contributed by atoms with E-state index in [1.165, 1.54) is 6.07 Å². The van der Waals surface area contributed by atoms with Crippen LogP contribution in [-0.4, -0.2) is 21.6 Å². The number of halogens is 4. The van der Waals surface area contributed by atoms with Crippen molar-refractivity contribution >= 4 is 30.9 Å².